The van der Waals surface area contributed by atoms with Gasteiger partial charge in [0.25, 0.3) is 5.88 Å². The lowest BCUT2D eigenvalue weighted by Gasteiger charge is -2.24. The average molecular weight is 437 g/mol. The van der Waals surface area contributed by atoms with Crippen LogP contribution in [0.1, 0.15) is 71.7 Å². The number of aromatic nitrogens is 2. The van der Waals surface area contributed by atoms with E-state index in [9.17, 15) is 5.11 Å². The molecule has 3 aromatic rings. The van der Waals surface area contributed by atoms with Gasteiger partial charge in [-0.1, -0.05) is 19.3 Å². The van der Waals surface area contributed by atoms with E-state index in [1.54, 1.807) is 13.2 Å². The Kier molecular flexibility index (Phi) is 6.80. The zero-order valence-corrected chi connectivity index (χ0v) is 19.4. The summed E-state index contributed by atoms with van der Waals surface area (Å²) in [6.45, 7) is 6.56. The molecule has 1 N–H and O–H groups in total. The lowest BCUT2D eigenvalue weighted by Crippen LogP contribution is -2.12. The van der Waals surface area contributed by atoms with Crippen molar-refractivity contribution in [2.24, 2.45) is 0 Å². The first kappa shape index (κ1) is 22.3. The van der Waals surface area contributed by atoms with Crippen LogP contribution < -0.4 is 4.74 Å². The fourth-order valence-electron chi connectivity index (χ4n) is 4.75. The molecule has 0 amide bonds. The van der Waals surface area contributed by atoms with Gasteiger partial charge in [-0.25, -0.2) is 0 Å². The molecular formula is C26H32N2O4. The van der Waals surface area contributed by atoms with E-state index < -0.39 is 0 Å². The molecule has 0 unspecified atom stereocenters. The van der Waals surface area contributed by atoms with Gasteiger partial charge < -0.3 is 19.1 Å². The molecular weight excluding hydrogens is 404 g/mol. The summed E-state index contributed by atoms with van der Waals surface area (Å²) in [6.07, 6.45) is 6.88. The lowest BCUT2D eigenvalue weighted by atomic mass is 9.86. The highest BCUT2D eigenvalue weighted by Crippen LogP contribution is 2.37. The van der Waals surface area contributed by atoms with Crippen LogP contribution in [0.4, 0.5) is 0 Å². The molecule has 0 saturated heterocycles. The van der Waals surface area contributed by atoms with Crippen molar-refractivity contribution in [3.8, 4) is 23.0 Å². The van der Waals surface area contributed by atoms with Crippen molar-refractivity contribution in [1.29, 1.82) is 0 Å². The Bertz CT molecular complexity index is 1080. The molecule has 2 heterocycles. The molecule has 1 fully saturated rings. The van der Waals surface area contributed by atoms with E-state index in [1.165, 1.54) is 36.0 Å². The van der Waals surface area contributed by atoms with Crippen LogP contribution in [0.25, 0.3) is 11.3 Å². The number of aryl methyl sites for hydroxylation is 1. The second kappa shape index (κ2) is 9.74. The van der Waals surface area contributed by atoms with E-state index in [-0.39, 0.29) is 12.7 Å². The third-order valence-electron chi connectivity index (χ3n) is 6.64. The summed E-state index contributed by atoms with van der Waals surface area (Å²) in [6, 6.07) is 7.77. The van der Waals surface area contributed by atoms with Crippen molar-refractivity contribution in [1.82, 2.24) is 10.1 Å². The van der Waals surface area contributed by atoms with Gasteiger partial charge in [0.1, 0.15) is 5.75 Å². The fourth-order valence-corrected chi connectivity index (χ4v) is 4.75. The van der Waals surface area contributed by atoms with E-state index >= 15 is 0 Å². The predicted molar refractivity (Wildman–Crippen MR) is 123 cm³/mol. The van der Waals surface area contributed by atoms with Gasteiger partial charge in [-0.05, 0) is 79.2 Å². The Morgan fingerprint density at radius 3 is 2.53 bits per heavy atom. The van der Waals surface area contributed by atoms with Crippen LogP contribution in [0.3, 0.4) is 0 Å². The molecule has 0 spiro atoms. The van der Waals surface area contributed by atoms with E-state index in [0.717, 1.165) is 47.5 Å². The number of pyridine rings is 1. The summed E-state index contributed by atoms with van der Waals surface area (Å²) in [5.41, 5.74) is 7.83. The van der Waals surface area contributed by atoms with E-state index in [4.69, 9.17) is 19.0 Å². The van der Waals surface area contributed by atoms with Crippen molar-refractivity contribution in [3.05, 3.63) is 57.9 Å². The molecule has 1 saturated carbocycles. The number of benzene rings is 1. The summed E-state index contributed by atoms with van der Waals surface area (Å²) in [5.74, 6) is 1.76. The van der Waals surface area contributed by atoms with Crippen molar-refractivity contribution in [2.75, 3.05) is 13.9 Å². The first-order valence-corrected chi connectivity index (χ1v) is 11.3. The summed E-state index contributed by atoms with van der Waals surface area (Å²) in [7, 11) is 1.64. The molecule has 1 aliphatic carbocycles. The van der Waals surface area contributed by atoms with Gasteiger partial charge in [-0.15, -0.1) is 0 Å². The van der Waals surface area contributed by atoms with Crippen LogP contribution in [0.15, 0.2) is 28.8 Å². The fraction of sp³-hybridized carbons (Fsp3) is 0.462. The zero-order valence-electron chi connectivity index (χ0n) is 19.4. The molecule has 170 valence electrons. The minimum atomic E-state index is -0.103. The summed E-state index contributed by atoms with van der Waals surface area (Å²) in [4.78, 5) is 5.10. The monoisotopic (exact) mass is 436 g/mol. The molecule has 2 aromatic heterocycles. The molecule has 1 aromatic carbocycles. The SMILES string of the molecule is COCOc1ccc(Cc2c(C)cc(-c3cc(O)no3)c(C)c2C)nc1C1CCCCC1. The number of rotatable bonds is 7. The van der Waals surface area contributed by atoms with Gasteiger partial charge in [0, 0.05) is 36.8 Å². The number of nitrogens with zero attached hydrogens (tertiary/aromatic N) is 2. The van der Waals surface area contributed by atoms with Gasteiger partial charge in [0.15, 0.2) is 12.6 Å². The van der Waals surface area contributed by atoms with Crippen LogP contribution in [0, 0.1) is 20.8 Å². The zero-order chi connectivity index (χ0) is 22.7. The molecule has 6 heteroatoms. The summed E-state index contributed by atoms with van der Waals surface area (Å²) >= 11 is 0. The first-order chi connectivity index (χ1) is 15.5. The Hall–Kier alpha value is -2.86. The molecule has 1 aliphatic rings. The van der Waals surface area contributed by atoms with Gasteiger partial charge in [0.2, 0.25) is 0 Å². The normalized spacial score (nSPS) is 14.6. The second-order valence-electron chi connectivity index (χ2n) is 8.77. The Labute approximate surface area is 189 Å². The number of methoxy groups -OCH3 is 1. The van der Waals surface area contributed by atoms with Crippen LogP contribution in [-0.4, -0.2) is 29.1 Å². The van der Waals surface area contributed by atoms with Crippen molar-refractivity contribution in [3.63, 3.8) is 0 Å². The maximum absolute atomic E-state index is 9.57. The highest BCUT2D eigenvalue weighted by molar-refractivity contribution is 5.67. The Morgan fingerprint density at radius 2 is 1.84 bits per heavy atom. The second-order valence-corrected chi connectivity index (χ2v) is 8.77. The highest BCUT2D eigenvalue weighted by Gasteiger charge is 2.22. The molecule has 0 atom stereocenters. The topological polar surface area (TPSA) is 77.6 Å². The Balaban J connectivity index is 1.66. The van der Waals surface area contributed by atoms with Crippen molar-refractivity contribution in [2.45, 2.75) is 65.2 Å². The average Bonchev–Trinajstić information content (AvgIpc) is 3.24. The number of hydrogen-bond donors (Lipinski definition) is 1. The smallest absolute Gasteiger partial charge is 0.252 e. The molecule has 32 heavy (non-hydrogen) atoms. The largest absolute Gasteiger partial charge is 0.491 e. The van der Waals surface area contributed by atoms with E-state index in [2.05, 4.69) is 44.1 Å². The van der Waals surface area contributed by atoms with E-state index in [1.807, 2.05) is 0 Å². The maximum atomic E-state index is 9.57. The Morgan fingerprint density at radius 1 is 1.06 bits per heavy atom. The van der Waals surface area contributed by atoms with Gasteiger partial charge in [-0.2, -0.15) is 0 Å². The minimum Gasteiger partial charge on any atom is -0.491 e. The van der Waals surface area contributed by atoms with E-state index in [0.29, 0.717) is 11.7 Å². The highest BCUT2D eigenvalue weighted by atomic mass is 16.7. The standard InChI is InChI=1S/C26H32N2O4/c1-16-12-22(24-14-25(29)28-32-24)18(3)17(2)21(16)13-20-10-11-23(31-15-30-4)26(27-20)19-8-6-5-7-9-19/h10-12,14,19H,5-9,13,15H2,1-4H3,(H,28,29). The third-order valence-corrected chi connectivity index (χ3v) is 6.64. The first-order valence-electron chi connectivity index (χ1n) is 11.3. The molecule has 0 radical (unpaired) electrons. The molecule has 0 bridgehead atoms. The number of ether oxygens (including phenoxy) is 2. The van der Waals surface area contributed by atoms with Crippen LogP contribution >= 0.6 is 0 Å². The van der Waals surface area contributed by atoms with Crippen LogP contribution in [0.2, 0.25) is 0 Å². The van der Waals surface area contributed by atoms with Gasteiger partial charge in [0.05, 0.1) is 5.69 Å². The van der Waals surface area contributed by atoms with Gasteiger partial charge in [-0.3, -0.25) is 4.98 Å². The molecule has 4 rings (SSSR count). The van der Waals surface area contributed by atoms with Crippen LogP contribution in [-0.2, 0) is 11.2 Å². The van der Waals surface area contributed by atoms with Gasteiger partial charge >= 0.3 is 0 Å². The van der Waals surface area contributed by atoms with Crippen molar-refractivity contribution < 1.29 is 19.1 Å². The van der Waals surface area contributed by atoms with Crippen LogP contribution in [0.5, 0.6) is 11.6 Å². The molecule has 6 nitrogen and oxygen atoms in total. The predicted octanol–water partition coefficient (Wildman–Crippen LogP) is 5.99. The molecule has 0 aliphatic heterocycles. The minimum absolute atomic E-state index is 0.103. The third kappa shape index (κ3) is 4.65. The summed E-state index contributed by atoms with van der Waals surface area (Å²) < 4.78 is 16.3. The maximum Gasteiger partial charge on any atom is 0.252 e. The number of hydrogen-bond acceptors (Lipinski definition) is 6. The summed E-state index contributed by atoms with van der Waals surface area (Å²) in [5, 5.41) is 13.2. The lowest BCUT2D eigenvalue weighted by molar-refractivity contribution is 0.0496. The number of aromatic hydroxyl groups is 1. The van der Waals surface area contributed by atoms with Crippen molar-refractivity contribution >= 4 is 0 Å². The quantitative estimate of drug-likeness (QED) is 0.459.